The maximum atomic E-state index is 12.6. The highest BCUT2D eigenvalue weighted by Crippen LogP contribution is 2.40. The van der Waals surface area contributed by atoms with E-state index in [1.807, 2.05) is 24.3 Å². The van der Waals surface area contributed by atoms with Crippen LogP contribution in [0.25, 0.3) is 0 Å². The number of aromatic nitrogens is 1. The van der Waals surface area contributed by atoms with E-state index in [1.165, 1.54) is 18.0 Å². The fourth-order valence-corrected chi connectivity index (χ4v) is 3.75. The molecule has 0 spiro atoms. The predicted molar refractivity (Wildman–Crippen MR) is 90.7 cm³/mol. The van der Waals surface area contributed by atoms with Gasteiger partial charge in [-0.1, -0.05) is 25.5 Å². The van der Waals surface area contributed by atoms with Crippen LogP contribution in [0.5, 0.6) is 5.75 Å². The number of thioether (sulfide) groups is 1. The van der Waals surface area contributed by atoms with Crippen LogP contribution in [0.3, 0.4) is 0 Å². The quantitative estimate of drug-likeness (QED) is 0.397. The van der Waals surface area contributed by atoms with Crippen molar-refractivity contribution in [2.75, 3.05) is 6.61 Å². The van der Waals surface area contributed by atoms with Crippen molar-refractivity contribution in [1.82, 2.24) is 4.98 Å². The van der Waals surface area contributed by atoms with E-state index in [4.69, 9.17) is 4.74 Å². The molecule has 138 valence electrons. The number of hydrogen-bond acceptors (Lipinski definition) is 6. The van der Waals surface area contributed by atoms with Gasteiger partial charge >= 0.3 is 12.0 Å². The molecule has 0 radical (unpaired) electrons. The van der Waals surface area contributed by atoms with E-state index in [0.717, 1.165) is 24.2 Å². The molecule has 1 aromatic carbocycles. The first kappa shape index (κ1) is 20.0. The number of aliphatic hydroxyl groups is 2. The molecular weight excluding hydrogens is 375 g/mol. The number of hydrogen-bond donors (Lipinski definition) is 2. The number of ether oxygens (including phenoxy) is 1. The second-order valence-electron chi connectivity index (χ2n) is 5.29. The second kappa shape index (κ2) is 8.39. The van der Waals surface area contributed by atoms with Crippen LogP contribution in [-0.2, 0) is 11.5 Å². The van der Waals surface area contributed by atoms with Gasteiger partial charge in [-0.2, -0.15) is 13.2 Å². The van der Waals surface area contributed by atoms with Crippen LogP contribution in [0, 0.1) is 0 Å². The van der Waals surface area contributed by atoms with E-state index in [0.29, 0.717) is 27.9 Å². The molecule has 0 saturated carbocycles. The third kappa shape index (κ3) is 5.34. The molecule has 0 aliphatic heterocycles. The topological polar surface area (TPSA) is 62.6 Å². The Hall–Kier alpha value is -1.29. The average molecular weight is 393 g/mol. The first-order valence-corrected chi connectivity index (χ1v) is 9.36. The average Bonchev–Trinajstić information content (AvgIpc) is 3.02. The first-order chi connectivity index (χ1) is 11.7. The molecule has 0 atom stereocenters. The van der Waals surface area contributed by atoms with Crippen LogP contribution in [0.2, 0.25) is 0 Å². The molecule has 2 N–H and O–H groups in total. The summed E-state index contributed by atoms with van der Waals surface area (Å²) in [5.74, 6) is -2.68. The zero-order valence-corrected chi connectivity index (χ0v) is 15.0. The Morgan fingerprint density at radius 2 is 2.04 bits per heavy atom. The summed E-state index contributed by atoms with van der Waals surface area (Å²) in [5, 5.41) is 17.6. The minimum Gasteiger partial charge on any atom is -0.494 e. The van der Waals surface area contributed by atoms with Gasteiger partial charge in [-0.15, -0.1) is 23.1 Å². The van der Waals surface area contributed by atoms with Crippen LogP contribution in [0.1, 0.15) is 30.3 Å². The summed E-state index contributed by atoms with van der Waals surface area (Å²) < 4.78 is 43.9. The molecule has 2 aromatic rings. The van der Waals surface area contributed by atoms with Gasteiger partial charge in [0.25, 0.3) is 0 Å². The molecule has 1 aromatic heterocycles. The van der Waals surface area contributed by atoms with Gasteiger partial charge < -0.3 is 14.9 Å². The molecule has 0 saturated heterocycles. The number of alkyl halides is 3. The number of benzene rings is 1. The van der Waals surface area contributed by atoms with Gasteiger partial charge in [-0.05, 0) is 24.1 Å². The summed E-state index contributed by atoms with van der Waals surface area (Å²) in [6.45, 7) is 2.71. The molecule has 0 unspecified atom stereocenters. The fourth-order valence-electron chi connectivity index (χ4n) is 1.82. The van der Waals surface area contributed by atoms with Crippen LogP contribution >= 0.6 is 23.1 Å². The molecule has 1 heterocycles. The lowest BCUT2D eigenvalue weighted by atomic mass is 10.2. The van der Waals surface area contributed by atoms with E-state index in [2.05, 4.69) is 11.9 Å². The minimum atomic E-state index is -5.20. The van der Waals surface area contributed by atoms with Crippen molar-refractivity contribution < 1.29 is 28.1 Å². The normalized spacial score (nSPS) is 12.4. The minimum absolute atomic E-state index is 0.462. The zero-order valence-electron chi connectivity index (χ0n) is 13.4. The molecule has 2 rings (SSSR count). The third-order valence-electron chi connectivity index (χ3n) is 3.22. The van der Waals surface area contributed by atoms with E-state index < -0.39 is 17.0 Å². The summed E-state index contributed by atoms with van der Waals surface area (Å²) in [7, 11) is 0. The Bertz CT molecular complexity index is 689. The van der Waals surface area contributed by atoms with E-state index in [9.17, 15) is 23.4 Å². The van der Waals surface area contributed by atoms with Gasteiger partial charge in [0.2, 0.25) is 0 Å². The molecule has 25 heavy (non-hydrogen) atoms. The lowest BCUT2D eigenvalue weighted by Gasteiger charge is -2.21. The maximum absolute atomic E-state index is 12.6. The summed E-state index contributed by atoms with van der Waals surface area (Å²) in [4.78, 5) is 3.49. The van der Waals surface area contributed by atoms with Crippen molar-refractivity contribution in [2.24, 2.45) is 0 Å². The monoisotopic (exact) mass is 393 g/mol. The van der Waals surface area contributed by atoms with Gasteiger partial charge in [-0.3, -0.25) is 0 Å². The number of thiazole rings is 1. The van der Waals surface area contributed by atoms with Crippen molar-refractivity contribution in [1.29, 1.82) is 0 Å². The summed E-state index contributed by atoms with van der Waals surface area (Å²) in [6.07, 6.45) is -1.99. The number of rotatable bonds is 8. The van der Waals surface area contributed by atoms with E-state index in [-0.39, 0.29) is 0 Å². The smallest absolute Gasteiger partial charge is 0.450 e. The highest BCUT2D eigenvalue weighted by atomic mass is 32.2. The van der Waals surface area contributed by atoms with Crippen molar-refractivity contribution in [3.63, 3.8) is 0 Å². The van der Waals surface area contributed by atoms with E-state index >= 15 is 0 Å². The summed E-state index contributed by atoms with van der Waals surface area (Å²) >= 11 is 1.88. The van der Waals surface area contributed by atoms with E-state index in [1.54, 1.807) is 0 Å². The lowest BCUT2D eigenvalue weighted by Crippen LogP contribution is -2.41. The number of halogens is 3. The number of unbranched alkanes of at least 4 members (excludes halogenated alkanes) is 1. The van der Waals surface area contributed by atoms with Gasteiger partial charge in [0.05, 0.1) is 17.0 Å². The molecule has 4 nitrogen and oxygen atoms in total. The second-order valence-corrected chi connectivity index (χ2v) is 7.60. The standard InChI is InChI=1S/C16H18F3NO3S2/c1-2-3-7-23-12-6-4-5-11(8-12)10-24-13-9-20-14(25-13)15(21,22)16(17,18)19/h4-6,8-9,21-22H,2-3,7,10H2,1H3. The Morgan fingerprint density at radius 1 is 1.28 bits per heavy atom. The van der Waals surface area contributed by atoms with Crippen LogP contribution in [-0.4, -0.2) is 28.0 Å². The van der Waals surface area contributed by atoms with Crippen LogP contribution in [0.4, 0.5) is 13.2 Å². The lowest BCUT2D eigenvalue weighted by molar-refractivity contribution is -0.358. The molecule has 0 aliphatic rings. The summed E-state index contributed by atoms with van der Waals surface area (Å²) in [6, 6.07) is 7.47. The van der Waals surface area contributed by atoms with Crippen LogP contribution < -0.4 is 4.74 Å². The highest BCUT2D eigenvalue weighted by Gasteiger charge is 2.56. The Morgan fingerprint density at radius 3 is 2.72 bits per heavy atom. The third-order valence-corrected chi connectivity index (χ3v) is 5.59. The SMILES string of the molecule is CCCCOc1cccc(CSc2cnc(C(O)(O)C(F)(F)F)s2)c1. The van der Waals surface area contributed by atoms with Crippen molar-refractivity contribution in [3.8, 4) is 5.75 Å². The van der Waals surface area contributed by atoms with Gasteiger partial charge in [0.1, 0.15) is 5.75 Å². The highest BCUT2D eigenvalue weighted by molar-refractivity contribution is 8.00. The van der Waals surface area contributed by atoms with Crippen molar-refractivity contribution >= 4 is 23.1 Å². The number of nitrogens with zero attached hydrogens (tertiary/aromatic N) is 1. The molecule has 9 heteroatoms. The van der Waals surface area contributed by atoms with Crippen molar-refractivity contribution in [3.05, 3.63) is 41.0 Å². The molecule has 0 aliphatic carbocycles. The molecular formula is C16H18F3NO3S2. The zero-order chi connectivity index (χ0) is 18.5. The fraction of sp³-hybridized carbons (Fsp3) is 0.438. The van der Waals surface area contributed by atoms with Crippen molar-refractivity contribution in [2.45, 2.75) is 41.7 Å². The molecule has 0 bridgehead atoms. The maximum Gasteiger partial charge on any atom is 0.450 e. The Balaban J connectivity index is 1.97. The predicted octanol–water partition coefficient (Wildman–Crippen LogP) is 4.31. The largest absolute Gasteiger partial charge is 0.494 e. The Kier molecular flexibility index (Phi) is 6.72. The molecule has 0 amide bonds. The first-order valence-electron chi connectivity index (χ1n) is 7.56. The summed E-state index contributed by atoms with van der Waals surface area (Å²) in [5.41, 5.74) is 0.948. The van der Waals surface area contributed by atoms with Gasteiger partial charge in [0, 0.05) is 5.75 Å². The van der Waals surface area contributed by atoms with Gasteiger partial charge in [-0.25, -0.2) is 4.98 Å². The molecule has 0 fully saturated rings. The Labute approximate surface area is 151 Å². The van der Waals surface area contributed by atoms with Gasteiger partial charge in [0.15, 0.2) is 5.01 Å². The van der Waals surface area contributed by atoms with Crippen LogP contribution in [0.15, 0.2) is 34.7 Å².